The first-order valence-corrected chi connectivity index (χ1v) is 9.66. The fraction of sp³-hybridized carbons (Fsp3) is 0.565. The predicted octanol–water partition coefficient (Wildman–Crippen LogP) is 6.51. The van der Waals surface area contributed by atoms with Crippen molar-refractivity contribution < 1.29 is 0 Å². The van der Waals surface area contributed by atoms with Gasteiger partial charge in [0.1, 0.15) is 0 Å². The molecule has 2 N–H and O–H groups in total. The minimum atomic E-state index is 0.732. The van der Waals surface area contributed by atoms with Gasteiger partial charge in [-0.2, -0.15) is 0 Å². The third kappa shape index (κ3) is 8.81. The molecule has 2 nitrogen and oxygen atoms in total. The van der Waals surface area contributed by atoms with E-state index in [9.17, 15) is 0 Å². The molecule has 1 atom stereocenters. The quantitative estimate of drug-likeness (QED) is 0.388. The van der Waals surface area contributed by atoms with E-state index in [0.29, 0.717) is 0 Å². The predicted molar refractivity (Wildman–Crippen MR) is 114 cm³/mol. The molecule has 0 aliphatic rings. The van der Waals surface area contributed by atoms with Gasteiger partial charge in [-0.05, 0) is 83.4 Å². The first kappa shape index (κ1) is 21.3. The van der Waals surface area contributed by atoms with Gasteiger partial charge in [-0.15, -0.1) is 0 Å². The van der Waals surface area contributed by atoms with Gasteiger partial charge in [0, 0.05) is 13.6 Å². The number of hydrogen-bond acceptors (Lipinski definition) is 2. The van der Waals surface area contributed by atoms with E-state index < -0.39 is 0 Å². The van der Waals surface area contributed by atoms with Gasteiger partial charge in [0.15, 0.2) is 0 Å². The second kappa shape index (κ2) is 11.0. The maximum atomic E-state index is 6.12. The second-order valence-electron chi connectivity index (χ2n) is 7.83. The number of nitrogens with zero attached hydrogens (tertiary/aromatic N) is 1. The number of anilines is 2. The summed E-state index contributed by atoms with van der Waals surface area (Å²) in [5.74, 6) is 0.732. The van der Waals surface area contributed by atoms with E-state index in [1.807, 2.05) is 6.07 Å². The molecule has 0 fully saturated rings. The summed E-state index contributed by atoms with van der Waals surface area (Å²) in [5, 5.41) is 0. The lowest BCUT2D eigenvalue weighted by Gasteiger charge is -2.23. The van der Waals surface area contributed by atoms with Gasteiger partial charge in [0.2, 0.25) is 0 Å². The molecule has 0 heterocycles. The number of rotatable bonds is 10. The van der Waals surface area contributed by atoms with Crippen molar-refractivity contribution in [2.75, 3.05) is 24.2 Å². The Kier molecular flexibility index (Phi) is 9.41. The molecule has 0 aliphatic carbocycles. The van der Waals surface area contributed by atoms with E-state index in [1.165, 1.54) is 48.8 Å². The first-order valence-electron chi connectivity index (χ1n) is 9.66. The van der Waals surface area contributed by atoms with E-state index in [4.69, 9.17) is 5.73 Å². The standard InChI is InChI=1S/C23H38N2/c1-18(2)9-7-10-19(3)11-8-12-20(4)15-16-25(6)23-17-21(5)13-14-22(23)24/h9,11,13-14,17,20H,7-8,10,12,15-16,24H2,1-6H3/b19-11+. The lowest BCUT2D eigenvalue weighted by Crippen LogP contribution is -2.21. The molecule has 1 aromatic carbocycles. The Morgan fingerprint density at radius 3 is 2.52 bits per heavy atom. The largest absolute Gasteiger partial charge is 0.397 e. The minimum absolute atomic E-state index is 0.732. The van der Waals surface area contributed by atoms with Gasteiger partial charge in [-0.3, -0.25) is 0 Å². The maximum Gasteiger partial charge on any atom is 0.0599 e. The molecule has 0 aromatic heterocycles. The molecule has 1 rings (SSSR count). The van der Waals surface area contributed by atoms with E-state index in [-0.39, 0.29) is 0 Å². The lowest BCUT2D eigenvalue weighted by atomic mass is 9.99. The highest BCUT2D eigenvalue weighted by Crippen LogP contribution is 2.24. The van der Waals surface area contributed by atoms with Crippen LogP contribution in [0.2, 0.25) is 0 Å². The highest BCUT2D eigenvalue weighted by molar-refractivity contribution is 5.68. The van der Waals surface area contributed by atoms with Crippen LogP contribution < -0.4 is 10.6 Å². The van der Waals surface area contributed by atoms with Crippen LogP contribution in [-0.4, -0.2) is 13.6 Å². The third-order valence-electron chi connectivity index (χ3n) is 4.80. The Morgan fingerprint density at radius 2 is 1.84 bits per heavy atom. The maximum absolute atomic E-state index is 6.12. The normalized spacial score (nSPS) is 12.8. The van der Waals surface area contributed by atoms with Crippen molar-refractivity contribution >= 4 is 11.4 Å². The van der Waals surface area contributed by atoms with Crippen LogP contribution in [0.5, 0.6) is 0 Å². The topological polar surface area (TPSA) is 29.3 Å². The summed E-state index contributed by atoms with van der Waals surface area (Å²) >= 11 is 0. The number of hydrogen-bond donors (Lipinski definition) is 1. The van der Waals surface area contributed by atoms with Crippen LogP contribution in [0.3, 0.4) is 0 Å². The van der Waals surface area contributed by atoms with E-state index in [2.05, 4.69) is 70.9 Å². The van der Waals surface area contributed by atoms with Crippen molar-refractivity contribution in [2.24, 2.45) is 5.92 Å². The third-order valence-corrected chi connectivity index (χ3v) is 4.80. The molecule has 0 aliphatic heterocycles. The zero-order chi connectivity index (χ0) is 18.8. The van der Waals surface area contributed by atoms with Gasteiger partial charge in [-0.25, -0.2) is 0 Å². The average molecular weight is 343 g/mol. The van der Waals surface area contributed by atoms with E-state index in [1.54, 1.807) is 0 Å². The Balaban J connectivity index is 2.33. The molecule has 0 saturated heterocycles. The molecule has 0 spiro atoms. The van der Waals surface area contributed by atoms with Gasteiger partial charge in [0.05, 0.1) is 11.4 Å². The van der Waals surface area contributed by atoms with Crippen molar-refractivity contribution in [3.8, 4) is 0 Å². The molecule has 0 radical (unpaired) electrons. The van der Waals surface area contributed by atoms with Crippen LogP contribution in [0.15, 0.2) is 41.5 Å². The van der Waals surface area contributed by atoms with Crippen molar-refractivity contribution in [1.82, 2.24) is 0 Å². The summed E-state index contributed by atoms with van der Waals surface area (Å²) in [7, 11) is 2.14. The number of allylic oxidation sites excluding steroid dienone is 4. The Bertz CT molecular complexity index is 580. The van der Waals surface area contributed by atoms with Crippen LogP contribution in [0.25, 0.3) is 0 Å². The average Bonchev–Trinajstić information content (AvgIpc) is 2.54. The van der Waals surface area contributed by atoms with Gasteiger partial charge < -0.3 is 10.6 Å². The SMILES string of the molecule is CC(C)=CCC/C(C)=C/CCC(C)CCN(C)c1cc(C)ccc1N. The monoisotopic (exact) mass is 342 g/mol. The Labute approximate surface area is 155 Å². The second-order valence-corrected chi connectivity index (χ2v) is 7.83. The molecule has 1 unspecified atom stereocenters. The Morgan fingerprint density at radius 1 is 1.12 bits per heavy atom. The zero-order valence-electron chi connectivity index (χ0n) is 17.2. The van der Waals surface area contributed by atoms with Gasteiger partial charge in [-0.1, -0.05) is 36.3 Å². The summed E-state index contributed by atoms with van der Waals surface area (Å²) in [5.41, 5.74) is 12.3. The summed E-state index contributed by atoms with van der Waals surface area (Å²) in [6.45, 7) is 12.1. The minimum Gasteiger partial charge on any atom is -0.397 e. The number of nitrogens with two attached hydrogens (primary N) is 1. The number of aryl methyl sites for hydroxylation is 1. The molecule has 0 saturated carbocycles. The van der Waals surface area contributed by atoms with Crippen LogP contribution in [0, 0.1) is 12.8 Å². The summed E-state index contributed by atoms with van der Waals surface area (Å²) < 4.78 is 0. The van der Waals surface area contributed by atoms with Crippen LogP contribution >= 0.6 is 0 Å². The highest BCUT2D eigenvalue weighted by Gasteiger charge is 2.08. The van der Waals surface area contributed by atoms with Gasteiger partial charge in [0.25, 0.3) is 0 Å². The zero-order valence-corrected chi connectivity index (χ0v) is 17.2. The van der Waals surface area contributed by atoms with Crippen molar-refractivity contribution in [1.29, 1.82) is 0 Å². The molecule has 0 bridgehead atoms. The first-order chi connectivity index (χ1) is 11.8. The number of nitrogen functional groups attached to an aromatic ring is 1. The highest BCUT2D eigenvalue weighted by atomic mass is 15.1. The molecular weight excluding hydrogens is 304 g/mol. The molecule has 1 aromatic rings. The molecular formula is C23H38N2. The summed E-state index contributed by atoms with van der Waals surface area (Å²) in [6, 6.07) is 6.26. The molecule has 25 heavy (non-hydrogen) atoms. The number of benzene rings is 1. The lowest BCUT2D eigenvalue weighted by molar-refractivity contribution is 0.498. The van der Waals surface area contributed by atoms with Crippen LogP contribution in [0.1, 0.15) is 65.4 Å². The van der Waals surface area contributed by atoms with Crippen molar-refractivity contribution in [3.05, 3.63) is 47.1 Å². The van der Waals surface area contributed by atoms with Crippen molar-refractivity contribution in [3.63, 3.8) is 0 Å². The summed E-state index contributed by atoms with van der Waals surface area (Å²) in [6.07, 6.45) is 10.8. The molecule has 2 heteroatoms. The van der Waals surface area contributed by atoms with E-state index >= 15 is 0 Å². The molecule has 0 amide bonds. The summed E-state index contributed by atoms with van der Waals surface area (Å²) in [4.78, 5) is 2.29. The smallest absolute Gasteiger partial charge is 0.0599 e. The van der Waals surface area contributed by atoms with Crippen LogP contribution in [0.4, 0.5) is 11.4 Å². The van der Waals surface area contributed by atoms with E-state index in [0.717, 1.165) is 23.8 Å². The van der Waals surface area contributed by atoms with Crippen molar-refractivity contribution in [2.45, 2.75) is 66.7 Å². The molecule has 140 valence electrons. The van der Waals surface area contributed by atoms with Gasteiger partial charge >= 0.3 is 0 Å². The Hall–Kier alpha value is -1.70. The fourth-order valence-corrected chi connectivity index (χ4v) is 2.97. The fourth-order valence-electron chi connectivity index (χ4n) is 2.97. The van der Waals surface area contributed by atoms with Crippen LogP contribution in [-0.2, 0) is 0 Å².